The van der Waals surface area contributed by atoms with Crippen LogP contribution < -0.4 is 0 Å². The highest BCUT2D eigenvalue weighted by atomic mass is 19.1. The van der Waals surface area contributed by atoms with Gasteiger partial charge >= 0.3 is 6.09 Å². The van der Waals surface area contributed by atoms with Crippen molar-refractivity contribution in [2.45, 2.75) is 58.3 Å². The number of hydrogen-bond acceptors (Lipinski definition) is 3. The van der Waals surface area contributed by atoms with E-state index >= 15 is 0 Å². The standard InChI is InChI=1S/C17H24FNO3/c1-11-7-8-12(10-13(11)18)15(20)14-6-5-9-19(14)16(21)22-17(2,3)4/h7-8,10,14-15,20H,5-6,9H2,1-4H3. The lowest BCUT2D eigenvalue weighted by Gasteiger charge is -2.31. The Kier molecular flexibility index (Phi) is 4.75. The van der Waals surface area contributed by atoms with Crippen LogP contribution in [0.25, 0.3) is 0 Å². The second kappa shape index (κ2) is 6.24. The summed E-state index contributed by atoms with van der Waals surface area (Å²) in [5.41, 5.74) is 0.445. The maximum Gasteiger partial charge on any atom is 0.410 e. The largest absolute Gasteiger partial charge is 0.444 e. The number of rotatable bonds is 2. The topological polar surface area (TPSA) is 49.8 Å². The van der Waals surface area contributed by atoms with Gasteiger partial charge in [0, 0.05) is 6.54 Å². The van der Waals surface area contributed by atoms with E-state index in [1.165, 1.54) is 6.07 Å². The third kappa shape index (κ3) is 3.77. The van der Waals surface area contributed by atoms with E-state index in [0.717, 1.165) is 6.42 Å². The van der Waals surface area contributed by atoms with Crippen molar-refractivity contribution in [2.24, 2.45) is 0 Å². The molecule has 4 nitrogen and oxygen atoms in total. The number of likely N-dealkylation sites (tertiary alicyclic amines) is 1. The molecule has 1 aliphatic heterocycles. The van der Waals surface area contributed by atoms with E-state index < -0.39 is 17.8 Å². The molecular formula is C17H24FNO3. The Balaban J connectivity index is 2.15. The van der Waals surface area contributed by atoms with Gasteiger partial charge in [-0.15, -0.1) is 0 Å². The van der Waals surface area contributed by atoms with E-state index in [1.54, 1.807) is 24.0 Å². The Hall–Kier alpha value is -1.62. The quantitative estimate of drug-likeness (QED) is 0.908. The predicted molar refractivity (Wildman–Crippen MR) is 82.1 cm³/mol. The molecule has 1 aromatic rings. The molecule has 1 aliphatic rings. The first-order valence-corrected chi connectivity index (χ1v) is 7.63. The zero-order valence-corrected chi connectivity index (χ0v) is 13.6. The Morgan fingerprint density at radius 3 is 2.73 bits per heavy atom. The van der Waals surface area contributed by atoms with Crippen molar-refractivity contribution >= 4 is 6.09 Å². The highest BCUT2D eigenvalue weighted by molar-refractivity contribution is 5.69. The number of ether oxygens (including phenoxy) is 1. The molecule has 0 saturated carbocycles. The Morgan fingerprint density at radius 1 is 1.45 bits per heavy atom. The molecule has 2 unspecified atom stereocenters. The summed E-state index contributed by atoms with van der Waals surface area (Å²) in [6.07, 6.45) is 0.136. The number of hydrogen-bond donors (Lipinski definition) is 1. The van der Waals surface area contributed by atoms with Gasteiger partial charge in [-0.2, -0.15) is 0 Å². The first-order valence-electron chi connectivity index (χ1n) is 7.63. The van der Waals surface area contributed by atoms with Gasteiger partial charge < -0.3 is 14.7 Å². The van der Waals surface area contributed by atoms with Gasteiger partial charge in [-0.25, -0.2) is 9.18 Å². The summed E-state index contributed by atoms with van der Waals surface area (Å²) in [6.45, 7) is 7.64. The van der Waals surface area contributed by atoms with E-state index in [4.69, 9.17) is 4.74 Å². The van der Waals surface area contributed by atoms with Crippen LogP contribution in [-0.4, -0.2) is 34.3 Å². The van der Waals surface area contributed by atoms with Gasteiger partial charge in [-0.05, 0) is 57.7 Å². The van der Waals surface area contributed by atoms with Crippen molar-refractivity contribution in [3.8, 4) is 0 Å². The number of benzene rings is 1. The zero-order chi connectivity index (χ0) is 16.5. The SMILES string of the molecule is Cc1ccc(C(O)C2CCCN2C(=O)OC(C)(C)C)cc1F. The number of halogens is 1. The van der Waals surface area contributed by atoms with Crippen LogP contribution in [-0.2, 0) is 4.74 Å². The molecule has 0 bridgehead atoms. The summed E-state index contributed by atoms with van der Waals surface area (Å²) < 4.78 is 19.1. The minimum absolute atomic E-state index is 0.349. The second-order valence-electron chi connectivity index (χ2n) is 6.84. The van der Waals surface area contributed by atoms with Gasteiger partial charge in [0.25, 0.3) is 0 Å². The van der Waals surface area contributed by atoms with Gasteiger partial charge in [0.1, 0.15) is 11.4 Å². The van der Waals surface area contributed by atoms with Crippen molar-refractivity contribution in [3.63, 3.8) is 0 Å². The summed E-state index contributed by atoms with van der Waals surface area (Å²) >= 11 is 0. The first kappa shape index (κ1) is 16.7. The monoisotopic (exact) mass is 309 g/mol. The van der Waals surface area contributed by atoms with Crippen LogP contribution in [0, 0.1) is 12.7 Å². The van der Waals surface area contributed by atoms with Crippen LogP contribution in [0.3, 0.4) is 0 Å². The van der Waals surface area contributed by atoms with Gasteiger partial charge in [0.15, 0.2) is 0 Å². The molecule has 1 amide bonds. The zero-order valence-electron chi connectivity index (χ0n) is 13.6. The van der Waals surface area contributed by atoms with Crippen molar-refractivity contribution in [1.82, 2.24) is 4.90 Å². The molecule has 5 heteroatoms. The molecule has 0 spiro atoms. The van der Waals surface area contributed by atoms with Crippen LogP contribution in [0.4, 0.5) is 9.18 Å². The molecule has 0 aliphatic carbocycles. The number of carbonyl (C=O) groups is 1. The molecule has 2 atom stereocenters. The fourth-order valence-electron chi connectivity index (χ4n) is 2.68. The summed E-state index contributed by atoms with van der Waals surface area (Å²) in [5, 5.41) is 10.5. The molecular weight excluding hydrogens is 285 g/mol. The minimum Gasteiger partial charge on any atom is -0.444 e. The molecule has 122 valence electrons. The lowest BCUT2D eigenvalue weighted by Crippen LogP contribution is -2.42. The Morgan fingerprint density at radius 2 is 2.14 bits per heavy atom. The van der Waals surface area contributed by atoms with Crippen LogP contribution >= 0.6 is 0 Å². The highest BCUT2D eigenvalue weighted by Gasteiger charge is 2.37. The lowest BCUT2D eigenvalue weighted by molar-refractivity contribution is 0.00487. The molecule has 0 radical (unpaired) electrons. The third-order valence-electron chi connectivity index (χ3n) is 3.83. The van der Waals surface area contributed by atoms with E-state index in [1.807, 2.05) is 20.8 Å². The molecule has 1 fully saturated rings. The Bertz CT molecular complexity index is 553. The summed E-state index contributed by atoms with van der Waals surface area (Å²) in [5.74, 6) is -0.349. The molecule has 1 saturated heterocycles. The average Bonchev–Trinajstić information content (AvgIpc) is 2.88. The van der Waals surface area contributed by atoms with E-state index in [9.17, 15) is 14.3 Å². The summed E-state index contributed by atoms with van der Waals surface area (Å²) in [6, 6.07) is 4.30. The van der Waals surface area contributed by atoms with Crippen LogP contribution in [0.5, 0.6) is 0 Å². The molecule has 1 aromatic carbocycles. The maximum atomic E-state index is 13.7. The van der Waals surface area contributed by atoms with Gasteiger partial charge in [-0.1, -0.05) is 12.1 Å². The lowest BCUT2D eigenvalue weighted by atomic mass is 9.99. The fraction of sp³-hybridized carbons (Fsp3) is 0.588. The van der Waals surface area contributed by atoms with Crippen molar-refractivity contribution in [2.75, 3.05) is 6.54 Å². The Labute approximate surface area is 130 Å². The first-order chi connectivity index (χ1) is 10.2. The summed E-state index contributed by atoms with van der Waals surface area (Å²) in [7, 11) is 0. The molecule has 1 N–H and O–H groups in total. The minimum atomic E-state index is -0.912. The highest BCUT2D eigenvalue weighted by Crippen LogP contribution is 2.31. The third-order valence-corrected chi connectivity index (χ3v) is 3.83. The number of aryl methyl sites for hydroxylation is 1. The van der Waals surface area contributed by atoms with E-state index in [0.29, 0.717) is 24.1 Å². The van der Waals surface area contributed by atoms with Gasteiger partial charge in [0.05, 0.1) is 12.1 Å². The second-order valence-corrected chi connectivity index (χ2v) is 6.84. The number of aliphatic hydroxyl groups excluding tert-OH is 1. The summed E-state index contributed by atoms with van der Waals surface area (Å²) in [4.78, 5) is 13.8. The maximum absolute atomic E-state index is 13.7. The number of aliphatic hydroxyl groups is 1. The molecule has 22 heavy (non-hydrogen) atoms. The number of amides is 1. The number of nitrogens with zero attached hydrogens (tertiary/aromatic N) is 1. The fourth-order valence-corrected chi connectivity index (χ4v) is 2.68. The van der Waals surface area contributed by atoms with Crippen molar-refractivity contribution < 1.29 is 19.0 Å². The van der Waals surface area contributed by atoms with E-state index in [2.05, 4.69) is 0 Å². The molecule has 1 heterocycles. The normalized spacial score (nSPS) is 20.1. The van der Waals surface area contributed by atoms with Crippen molar-refractivity contribution in [3.05, 3.63) is 35.1 Å². The average molecular weight is 309 g/mol. The van der Waals surface area contributed by atoms with Gasteiger partial charge in [-0.3, -0.25) is 0 Å². The molecule has 2 rings (SSSR count). The smallest absolute Gasteiger partial charge is 0.410 e. The number of carbonyl (C=O) groups excluding carboxylic acids is 1. The predicted octanol–water partition coefficient (Wildman–Crippen LogP) is 3.57. The van der Waals surface area contributed by atoms with Crippen LogP contribution in [0.2, 0.25) is 0 Å². The van der Waals surface area contributed by atoms with E-state index in [-0.39, 0.29) is 11.9 Å². The van der Waals surface area contributed by atoms with Crippen LogP contribution in [0.1, 0.15) is 50.8 Å². The van der Waals surface area contributed by atoms with Crippen LogP contribution in [0.15, 0.2) is 18.2 Å². The molecule has 0 aromatic heterocycles. The van der Waals surface area contributed by atoms with Crippen molar-refractivity contribution in [1.29, 1.82) is 0 Å². The van der Waals surface area contributed by atoms with Gasteiger partial charge in [0.2, 0.25) is 0 Å².